The fourth-order valence-electron chi connectivity index (χ4n) is 1.31. The molecule has 0 aromatic rings. The number of carboxylic acid groups (broad SMARTS) is 1. The van der Waals surface area contributed by atoms with E-state index in [1.54, 1.807) is 0 Å². The largest absolute Gasteiger partial charge is 0.478 e. The molecule has 0 saturated heterocycles. The molecule has 0 radical (unpaired) electrons. The van der Waals surface area contributed by atoms with Crippen molar-refractivity contribution in [3.63, 3.8) is 0 Å². The summed E-state index contributed by atoms with van der Waals surface area (Å²) in [5, 5.41) is 8.64. The highest BCUT2D eigenvalue weighted by atomic mass is 16.6. The zero-order valence-electron chi connectivity index (χ0n) is 9.58. The van der Waals surface area contributed by atoms with Gasteiger partial charge in [0.25, 0.3) is 0 Å². The van der Waals surface area contributed by atoms with Crippen LogP contribution in [-0.4, -0.2) is 22.6 Å². The van der Waals surface area contributed by atoms with Gasteiger partial charge in [0.15, 0.2) is 0 Å². The number of esters is 1. The lowest BCUT2D eigenvalue weighted by Gasteiger charge is -2.14. The third-order valence-corrected chi connectivity index (χ3v) is 2.75. The summed E-state index contributed by atoms with van der Waals surface area (Å²) in [4.78, 5) is 22.1. The normalized spacial score (nSPS) is 17.8. The van der Waals surface area contributed by atoms with Gasteiger partial charge in [-0.25, -0.2) is 9.59 Å². The Morgan fingerprint density at radius 1 is 1.50 bits per heavy atom. The lowest BCUT2D eigenvalue weighted by atomic mass is 10.2. The van der Waals surface area contributed by atoms with E-state index in [0.29, 0.717) is 0 Å². The van der Waals surface area contributed by atoms with Crippen molar-refractivity contribution in [2.45, 2.75) is 38.7 Å². The van der Waals surface area contributed by atoms with E-state index in [2.05, 4.69) is 6.58 Å². The van der Waals surface area contributed by atoms with Crippen LogP contribution in [-0.2, 0) is 14.3 Å². The van der Waals surface area contributed by atoms with Gasteiger partial charge in [0.2, 0.25) is 0 Å². The van der Waals surface area contributed by atoms with E-state index in [0.717, 1.165) is 19.3 Å². The van der Waals surface area contributed by atoms with Gasteiger partial charge < -0.3 is 9.84 Å². The van der Waals surface area contributed by atoms with Crippen molar-refractivity contribution in [3.05, 3.63) is 23.8 Å². The molecule has 16 heavy (non-hydrogen) atoms. The Labute approximate surface area is 94.6 Å². The van der Waals surface area contributed by atoms with Crippen LogP contribution in [0.3, 0.4) is 0 Å². The summed E-state index contributed by atoms with van der Waals surface area (Å²) in [6.45, 7) is 6.88. The van der Waals surface area contributed by atoms with Crippen molar-refractivity contribution >= 4 is 11.9 Å². The second kappa shape index (κ2) is 4.51. The molecule has 1 N–H and O–H groups in total. The zero-order chi connectivity index (χ0) is 12.3. The van der Waals surface area contributed by atoms with Gasteiger partial charge in [-0.05, 0) is 32.3 Å². The fourth-order valence-corrected chi connectivity index (χ4v) is 1.31. The molecule has 1 saturated carbocycles. The van der Waals surface area contributed by atoms with Crippen molar-refractivity contribution in [3.8, 4) is 0 Å². The van der Waals surface area contributed by atoms with Gasteiger partial charge in [-0.3, -0.25) is 0 Å². The maximum absolute atomic E-state index is 11.6. The van der Waals surface area contributed by atoms with Crippen molar-refractivity contribution in [2.24, 2.45) is 0 Å². The summed E-state index contributed by atoms with van der Waals surface area (Å²) in [7, 11) is 0. The number of carbonyl (C=O) groups is 2. The van der Waals surface area contributed by atoms with E-state index in [9.17, 15) is 9.59 Å². The molecule has 0 aromatic carbocycles. The summed E-state index contributed by atoms with van der Waals surface area (Å²) in [6, 6.07) is 0. The van der Waals surface area contributed by atoms with Gasteiger partial charge in [-0.1, -0.05) is 13.5 Å². The molecule has 0 amide bonds. The number of hydrogen-bond acceptors (Lipinski definition) is 3. The SMILES string of the molecule is C=C(C=C(C)C(=O)O)C(=O)OC1(CC)CC1. The summed E-state index contributed by atoms with van der Waals surface area (Å²) in [5.41, 5.74) is -0.159. The molecule has 0 aromatic heterocycles. The van der Waals surface area contributed by atoms with E-state index < -0.39 is 11.9 Å². The van der Waals surface area contributed by atoms with Crippen molar-refractivity contribution in [1.29, 1.82) is 0 Å². The summed E-state index contributed by atoms with van der Waals surface area (Å²) < 4.78 is 5.26. The summed E-state index contributed by atoms with van der Waals surface area (Å²) in [5.74, 6) is -1.59. The molecule has 1 rings (SSSR count). The summed E-state index contributed by atoms with van der Waals surface area (Å²) in [6.07, 6.45) is 3.78. The smallest absolute Gasteiger partial charge is 0.338 e. The molecule has 1 fully saturated rings. The maximum Gasteiger partial charge on any atom is 0.338 e. The first-order chi connectivity index (χ1) is 7.40. The highest BCUT2D eigenvalue weighted by molar-refractivity contribution is 5.95. The Hall–Kier alpha value is -1.58. The van der Waals surface area contributed by atoms with Crippen molar-refractivity contribution in [1.82, 2.24) is 0 Å². The van der Waals surface area contributed by atoms with E-state index >= 15 is 0 Å². The standard InChI is InChI=1S/C12H16O4/c1-4-12(5-6-12)16-11(15)9(3)7-8(2)10(13)14/h7H,3-6H2,1-2H3,(H,13,14). The first kappa shape index (κ1) is 12.5. The Bertz CT molecular complexity index is 361. The third kappa shape index (κ3) is 2.95. The Morgan fingerprint density at radius 3 is 2.44 bits per heavy atom. The van der Waals surface area contributed by atoms with E-state index in [4.69, 9.17) is 9.84 Å². The number of hydrogen-bond donors (Lipinski definition) is 1. The summed E-state index contributed by atoms with van der Waals surface area (Å²) >= 11 is 0. The zero-order valence-corrected chi connectivity index (χ0v) is 9.58. The monoisotopic (exact) mass is 224 g/mol. The molecule has 88 valence electrons. The van der Waals surface area contributed by atoms with Gasteiger partial charge in [0.1, 0.15) is 5.60 Å². The average Bonchev–Trinajstić information content (AvgIpc) is 2.98. The third-order valence-electron chi connectivity index (χ3n) is 2.75. The Morgan fingerprint density at radius 2 is 2.06 bits per heavy atom. The minimum absolute atomic E-state index is 0.0725. The molecule has 0 atom stereocenters. The molecule has 4 nitrogen and oxygen atoms in total. The first-order valence-electron chi connectivity index (χ1n) is 5.24. The number of rotatable bonds is 5. The van der Waals surface area contributed by atoms with Crippen LogP contribution >= 0.6 is 0 Å². The average molecular weight is 224 g/mol. The molecule has 1 aliphatic carbocycles. The second-order valence-corrected chi connectivity index (χ2v) is 4.08. The molecular weight excluding hydrogens is 208 g/mol. The van der Waals surface area contributed by atoms with Crippen LogP contribution in [0, 0.1) is 0 Å². The maximum atomic E-state index is 11.6. The molecule has 0 spiro atoms. The molecule has 4 heteroatoms. The van der Waals surface area contributed by atoms with Crippen LogP contribution in [0.25, 0.3) is 0 Å². The lowest BCUT2D eigenvalue weighted by Crippen LogP contribution is -2.19. The van der Waals surface area contributed by atoms with Crippen LogP contribution in [0.2, 0.25) is 0 Å². The van der Waals surface area contributed by atoms with E-state index in [1.165, 1.54) is 13.0 Å². The number of ether oxygens (including phenoxy) is 1. The highest BCUT2D eigenvalue weighted by Gasteiger charge is 2.45. The number of carbonyl (C=O) groups excluding carboxylic acids is 1. The molecule has 0 aliphatic heterocycles. The molecular formula is C12H16O4. The Balaban J connectivity index is 2.58. The topological polar surface area (TPSA) is 63.6 Å². The van der Waals surface area contributed by atoms with Gasteiger partial charge >= 0.3 is 11.9 Å². The van der Waals surface area contributed by atoms with Crippen LogP contribution in [0.1, 0.15) is 33.1 Å². The number of carboxylic acids is 1. The van der Waals surface area contributed by atoms with Crippen LogP contribution in [0.4, 0.5) is 0 Å². The lowest BCUT2D eigenvalue weighted by molar-refractivity contribution is -0.146. The first-order valence-corrected chi connectivity index (χ1v) is 5.24. The second-order valence-electron chi connectivity index (χ2n) is 4.08. The van der Waals surface area contributed by atoms with Crippen LogP contribution < -0.4 is 0 Å². The van der Waals surface area contributed by atoms with Crippen molar-refractivity contribution < 1.29 is 19.4 Å². The van der Waals surface area contributed by atoms with Gasteiger partial charge in [0.05, 0.1) is 5.57 Å². The molecule has 0 unspecified atom stereocenters. The van der Waals surface area contributed by atoms with Crippen LogP contribution in [0.15, 0.2) is 23.8 Å². The Kier molecular flexibility index (Phi) is 3.52. The molecule has 0 heterocycles. The van der Waals surface area contributed by atoms with Gasteiger partial charge in [-0.15, -0.1) is 0 Å². The predicted molar refractivity (Wildman–Crippen MR) is 58.9 cm³/mol. The molecule has 0 bridgehead atoms. The van der Waals surface area contributed by atoms with E-state index in [-0.39, 0.29) is 16.7 Å². The van der Waals surface area contributed by atoms with Gasteiger partial charge in [-0.2, -0.15) is 0 Å². The minimum atomic E-state index is -1.06. The van der Waals surface area contributed by atoms with Gasteiger partial charge in [0, 0.05) is 5.57 Å². The van der Waals surface area contributed by atoms with Crippen LogP contribution in [0.5, 0.6) is 0 Å². The minimum Gasteiger partial charge on any atom is -0.478 e. The molecule has 1 aliphatic rings. The van der Waals surface area contributed by atoms with Crippen molar-refractivity contribution in [2.75, 3.05) is 0 Å². The highest BCUT2D eigenvalue weighted by Crippen LogP contribution is 2.42. The predicted octanol–water partition coefficient (Wildman–Crippen LogP) is 2.06. The van der Waals surface area contributed by atoms with E-state index in [1.807, 2.05) is 6.92 Å². The fraction of sp³-hybridized carbons (Fsp3) is 0.500. The number of aliphatic carboxylic acids is 1. The quantitative estimate of drug-likeness (QED) is 0.441.